The van der Waals surface area contributed by atoms with E-state index in [1.54, 1.807) is 12.1 Å². The highest BCUT2D eigenvalue weighted by molar-refractivity contribution is 7.89. The van der Waals surface area contributed by atoms with Crippen molar-refractivity contribution >= 4 is 27.3 Å². The van der Waals surface area contributed by atoms with Crippen molar-refractivity contribution in [2.75, 3.05) is 0 Å². The Morgan fingerprint density at radius 3 is 2.50 bits per heavy atom. The van der Waals surface area contributed by atoms with Crippen LogP contribution in [0.5, 0.6) is 0 Å². The molecule has 0 spiro atoms. The highest BCUT2D eigenvalue weighted by Gasteiger charge is 2.16. The van der Waals surface area contributed by atoms with Crippen LogP contribution in [0.15, 0.2) is 59.5 Å². The Kier molecular flexibility index (Phi) is 4.20. The zero-order chi connectivity index (χ0) is 15.6. The van der Waals surface area contributed by atoms with Gasteiger partial charge in [-0.1, -0.05) is 41.9 Å². The van der Waals surface area contributed by atoms with Gasteiger partial charge in [0.25, 0.3) is 10.0 Å². The largest absolute Gasteiger partial charge is 0.308 e. The Balaban J connectivity index is 1.78. The topological polar surface area (TPSA) is 58.2 Å². The monoisotopic (exact) mass is 334 g/mol. The molecule has 6 heteroatoms. The molecule has 0 saturated carbocycles. The maximum atomic E-state index is 12.3. The van der Waals surface area contributed by atoms with Gasteiger partial charge in [-0.2, -0.15) is 0 Å². The molecule has 2 aromatic rings. The van der Waals surface area contributed by atoms with Crippen molar-refractivity contribution < 1.29 is 8.42 Å². The number of halogens is 1. The van der Waals surface area contributed by atoms with E-state index in [-0.39, 0.29) is 4.90 Å². The number of nitrogens with one attached hydrogen (secondary N) is 2. The Labute approximate surface area is 134 Å². The Morgan fingerprint density at radius 2 is 1.73 bits per heavy atom. The molecule has 2 aromatic carbocycles. The molecule has 3 rings (SSSR count). The highest BCUT2D eigenvalue weighted by Crippen LogP contribution is 2.24. The first-order chi connectivity index (χ1) is 10.6. The summed E-state index contributed by atoms with van der Waals surface area (Å²) in [5.41, 5.74) is 5.83. The third-order valence-corrected chi connectivity index (χ3v) is 5.03. The number of benzene rings is 2. The normalized spacial score (nSPS) is 14.1. The van der Waals surface area contributed by atoms with E-state index >= 15 is 0 Å². The van der Waals surface area contributed by atoms with E-state index < -0.39 is 10.0 Å². The minimum absolute atomic E-state index is 0.161. The van der Waals surface area contributed by atoms with Gasteiger partial charge in [0.05, 0.1) is 10.6 Å². The molecule has 2 N–H and O–H groups in total. The van der Waals surface area contributed by atoms with Gasteiger partial charge in [0.1, 0.15) is 0 Å². The molecular formula is C16H15ClN2O2S. The zero-order valence-electron chi connectivity index (χ0n) is 11.7. The van der Waals surface area contributed by atoms with E-state index in [4.69, 9.17) is 11.6 Å². The second kappa shape index (κ2) is 6.12. The average molecular weight is 335 g/mol. The maximum absolute atomic E-state index is 12.3. The minimum atomic E-state index is -3.64. The van der Waals surface area contributed by atoms with E-state index in [9.17, 15) is 8.42 Å². The van der Waals surface area contributed by atoms with Gasteiger partial charge in [0.2, 0.25) is 0 Å². The quantitative estimate of drug-likeness (QED) is 0.845. The van der Waals surface area contributed by atoms with Gasteiger partial charge >= 0.3 is 0 Å². The van der Waals surface area contributed by atoms with Gasteiger partial charge < -0.3 is 5.43 Å². The Morgan fingerprint density at radius 1 is 1.00 bits per heavy atom. The first-order valence-corrected chi connectivity index (χ1v) is 8.74. The summed E-state index contributed by atoms with van der Waals surface area (Å²) in [6, 6.07) is 14.0. The van der Waals surface area contributed by atoms with Crippen molar-refractivity contribution in [3.05, 3.63) is 70.8 Å². The smallest absolute Gasteiger partial charge is 0.257 e. The molecule has 1 aliphatic rings. The molecule has 0 unspecified atom stereocenters. The molecule has 0 aromatic heterocycles. The Bertz CT molecular complexity index is 814. The summed E-state index contributed by atoms with van der Waals surface area (Å²) in [5.74, 6) is 0. The van der Waals surface area contributed by atoms with Crippen molar-refractivity contribution in [2.45, 2.75) is 17.7 Å². The van der Waals surface area contributed by atoms with Crippen LogP contribution in [-0.2, 0) is 16.4 Å². The van der Waals surface area contributed by atoms with Crippen molar-refractivity contribution in [1.82, 2.24) is 10.3 Å². The molecule has 0 atom stereocenters. The summed E-state index contributed by atoms with van der Waals surface area (Å²) in [4.78, 5) is 2.58. The molecule has 0 heterocycles. The fraction of sp³-hybridized carbons (Fsp3) is 0.125. The number of hydrogen-bond donors (Lipinski definition) is 2. The molecule has 4 nitrogen and oxygen atoms in total. The van der Waals surface area contributed by atoms with Gasteiger partial charge in [0.15, 0.2) is 0 Å². The molecule has 0 amide bonds. The molecule has 0 aliphatic heterocycles. The third kappa shape index (κ3) is 3.16. The number of aryl methyl sites for hydroxylation is 1. The lowest BCUT2D eigenvalue weighted by molar-refractivity contribution is 0.575. The van der Waals surface area contributed by atoms with Crippen LogP contribution >= 0.6 is 11.6 Å². The lowest BCUT2D eigenvalue weighted by atomic mass is 9.95. The molecule has 114 valence electrons. The van der Waals surface area contributed by atoms with Gasteiger partial charge in [0, 0.05) is 10.6 Å². The SMILES string of the molecule is O=S(=O)(NNC1=CCCc2ccccc21)c1ccc(Cl)cc1. The van der Waals surface area contributed by atoms with Crippen molar-refractivity contribution in [3.63, 3.8) is 0 Å². The number of hydrogen-bond acceptors (Lipinski definition) is 3. The van der Waals surface area contributed by atoms with Crippen LogP contribution < -0.4 is 10.3 Å². The summed E-state index contributed by atoms with van der Waals surface area (Å²) in [5, 5.41) is 0.496. The molecular weight excluding hydrogens is 320 g/mol. The molecule has 1 aliphatic carbocycles. The number of fused-ring (bicyclic) bond motifs is 1. The molecule has 0 radical (unpaired) electrons. The lowest BCUT2D eigenvalue weighted by Crippen LogP contribution is -2.36. The van der Waals surface area contributed by atoms with E-state index in [1.165, 1.54) is 17.7 Å². The zero-order valence-corrected chi connectivity index (χ0v) is 13.3. The molecule has 0 saturated heterocycles. The summed E-state index contributed by atoms with van der Waals surface area (Å²) >= 11 is 5.78. The second-order valence-electron chi connectivity index (χ2n) is 5.00. The summed E-state index contributed by atoms with van der Waals surface area (Å²) in [7, 11) is -3.64. The average Bonchev–Trinajstić information content (AvgIpc) is 2.53. The fourth-order valence-corrected chi connectivity index (χ4v) is 3.38. The lowest BCUT2D eigenvalue weighted by Gasteiger charge is -2.19. The molecule has 0 bridgehead atoms. The van der Waals surface area contributed by atoms with Crippen LogP contribution in [0, 0.1) is 0 Å². The molecule has 22 heavy (non-hydrogen) atoms. The van der Waals surface area contributed by atoms with Crippen LogP contribution in [-0.4, -0.2) is 8.42 Å². The van der Waals surface area contributed by atoms with E-state index in [2.05, 4.69) is 16.3 Å². The van der Waals surface area contributed by atoms with Crippen LogP contribution in [0.4, 0.5) is 0 Å². The summed E-state index contributed by atoms with van der Waals surface area (Å²) in [6.07, 6.45) is 3.83. The second-order valence-corrected chi connectivity index (χ2v) is 7.12. The predicted octanol–water partition coefficient (Wildman–Crippen LogP) is 3.11. The van der Waals surface area contributed by atoms with Gasteiger partial charge in [-0.05, 0) is 42.7 Å². The standard InChI is InChI=1S/C16H15ClN2O2S/c17-13-8-10-14(11-9-13)22(20,21)19-18-16-7-3-5-12-4-1-2-6-15(12)16/h1-2,4,6-11,18-19H,3,5H2. The first-order valence-electron chi connectivity index (χ1n) is 6.88. The van der Waals surface area contributed by atoms with E-state index in [0.717, 1.165) is 24.1 Å². The number of rotatable bonds is 4. The van der Waals surface area contributed by atoms with Gasteiger partial charge in [-0.25, -0.2) is 8.42 Å². The van der Waals surface area contributed by atoms with Crippen LogP contribution in [0.1, 0.15) is 17.5 Å². The van der Waals surface area contributed by atoms with Gasteiger partial charge in [-0.15, -0.1) is 4.83 Å². The Hall–Kier alpha value is -1.82. The van der Waals surface area contributed by atoms with Crippen molar-refractivity contribution in [2.24, 2.45) is 0 Å². The highest BCUT2D eigenvalue weighted by atomic mass is 35.5. The van der Waals surface area contributed by atoms with Crippen molar-refractivity contribution in [3.8, 4) is 0 Å². The minimum Gasteiger partial charge on any atom is -0.308 e. The predicted molar refractivity (Wildman–Crippen MR) is 87.6 cm³/mol. The third-order valence-electron chi connectivity index (χ3n) is 3.51. The van der Waals surface area contributed by atoms with Gasteiger partial charge in [-0.3, -0.25) is 0 Å². The van der Waals surface area contributed by atoms with Crippen LogP contribution in [0.3, 0.4) is 0 Å². The summed E-state index contributed by atoms with van der Waals surface area (Å²) < 4.78 is 24.5. The van der Waals surface area contributed by atoms with E-state index in [1.807, 2.05) is 24.3 Å². The van der Waals surface area contributed by atoms with E-state index in [0.29, 0.717) is 5.02 Å². The number of hydrazine groups is 1. The fourth-order valence-electron chi connectivity index (χ4n) is 2.40. The molecule has 0 fully saturated rings. The summed E-state index contributed by atoms with van der Waals surface area (Å²) in [6.45, 7) is 0. The van der Waals surface area contributed by atoms with Crippen LogP contribution in [0.2, 0.25) is 5.02 Å². The first kappa shape index (κ1) is 15.1. The number of allylic oxidation sites excluding steroid dienone is 1. The number of sulfonamides is 1. The maximum Gasteiger partial charge on any atom is 0.257 e. The van der Waals surface area contributed by atoms with Crippen LogP contribution in [0.25, 0.3) is 5.70 Å². The van der Waals surface area contributed by atoms with Crippen molar-refractivity contribution in [1.29, 1.82) is 0 Å².